The van der Waals surface area contributed by atoms with Crippen molar-refractivity contribution in [2.45, 2.75) is 46.5 Å². The summed E-state index contributed by atoms with van der Waals surface area (Å²) < 4.78 is 5.50. The summed E-state index contributed by atoms with van der Waals surface area (Å²) in [5, 5.41) is 10.2. The van der Waals surface area contributed by atoms with Gasteiger partial charge in [0.15, 0.2) is 5.78 Å². The Bertz CT molecular complexity index is 967. The number of amides is 1. The number of nitrogens with zero attached hydrogens (tertiary/aromatic N) is 1. The Morgan fingerprint density at radius 1 is 1.26 bits per heavy atom. The summed E-state index contributed by atoms with van der Waals surface area (Å²) in [6.07, 6.45) is 1.31. The Morgan fingerprint density at radius 3 is 2.63 bits per heavy atom. The molecule has 27 heavy (non-hydrogen) atoms. The molecule has 0 spiro atoms. The number of ketones is 1. The van der Waals surface area contributed by atoms with Gasteiger partial charge in [-0.2, -0.15) is 0 Å². The zero-order valence-corrected chi connectivity index (χ0v) is 16.0. The average Bonchev–Trinajstić information content (AvgIpc) is 2.93. The second-order valence-electron chi connectivity index (χ2n) is 8.21. The van der Waals surface area contributed by atoms with Crippen molar-refractivity contribution in [3.63, 3.8) is 0 Å². The molecule has 1 atom stereocenters. The van der Waals surface area contributed by atoms with Gasteiger partial charge in [0.25, 0.3) is 0 Å². The highest BCUT2D eigenvalue weighted by atomic mass is 16.5. The maximum atomic E-state index is 13.1. The number of allylic oxidation sites excluding steroid dienone is 2. The van der Waals surface area contributed by atoms with Crippen LogP contribution in [0.4, 0.5) is 11.6 Å². The Labute approximate surface area is 158 Å². The lowest BCUT2D eigenvalue weighted by Crippen LogP contribution is -2.33. The minimum atomic E-state index is -0.211. The first kappa shape index (κ1) is 17.5. The molecule has 6 heteroatoms. The topological polar surface area (TPSA) is 84.2 Å². The molecular formula is C21H23N3O3. The second-order valence-corrected chi connectivity index (χ2v) is 8.21. The van der Waals surface area contributed by atoms with Gasteiger partial charge in [0.05, 0.1) is 11.3 Å². The number of fused-ring (bicyclic) bond motifs is 1. The molecule has 1 aliphatic carbocycles. The van der Waals surface area contributed by atoms with Crippen molar-refractivity contribution in [2.75, 3.05) is 10.6 Å². The van der Waals surface area contributed by atoms with Gasteiger partial charge < -0.3 is 15.2 Å². The van der Waals surface area contributed by atoms with Gasteiger partial charge in [-0.1, -0.05) is 31.1 Å². The lowest BCUT2D eigenvalue weighted by atomic mass is 9.69. The van der Waals surface area contributed by atoms with Crippen LogP contribution in [0.3, 0.4) is 0 Å². The molecule has 0 fully saturated rings. The molecule has 4 rings (SSSR count). The second kappa shape index (κ2) is 6.08. The number of rotatable bonds is 2. The van der Waals surface area contributed by atoms with Gasteiger partial charge in [-0.15, -0.1) is 0 Å². The smallest absolute Gasteiger partial charge is 0.233 e. The summed E-state index contributed by atoms with van der Waals surface area (Å²) >= 11 is 0. The summed E-state index contributed by atoms with van der Waals surface area (Å²) in [7, 11) is 0. The van der Waals surface area contributed by atoms with E-state index in [-0.39, 0.29) is 23.0 Å². The molecular weight excluding hydrogens is 342 g/mol. The fourth-order valence-corrected chi connectivity index (χ4v) is 4.16. The number of carbonyl (C=O) groups excluding carboxylic acids is 2. The highest BCUT2D eigenvalue weighted by Crippen LogP contribution is 2.49. The number of benzene rings is 1. The third-order valence-electron chi connectivity index (χ3n) is 5.23. The predicted molar refractivity (Wildman–Crippen MR) is 102 cm³/mol. The van der Waals surface area contributed by atoms with E-state index in [1.807, 2.05) is 31.2 Å². The first-order valence-corrected chi connectivity index (χ1v) is 9.12. The van der Waals surface area contributed by atoms with E-state index in [0.29, 0.717) is 12.3 Å². The number of carbonyl (C=O) groups is 2. The van der Waals surface area contributed by atoms with E-state index < -0.39 is 0 Å². The molecule has 1 aliphatic heterocycles. The van der Waals surface area contributed by atoms with E-state index in [1.165, 1.54) is 6.92 Å². The molecule has 0 saturated carbocycles. The van der Waals surface area contributed by atoms with Crippen LogP contribution in [0.1, 0.15) is 56.4 Å². The van der Waals surface area contributed by atoms with Crippen LogP contribution in [0.15, 0.2) is 40.1 Å². The monoisotopic (exact) mass is 365 g/mol. The standard InChI is InChI=1S/C21H23N3O3/c1-11-17-18(13-5-7-14(8-6-13)22-12(2)25)19-15(23-20(17)27-24-11)9-21(3,4)10-16(19)26/h5-8,18,23H,9-10H2,1-4H3,(H,22,25)/t18-/m0/s1. The summed E-state index contributed by atoms with van der Waals surface area (Å²) in [5.41, 5.74) is 5.05. The third-order valence-corrected chi connectivity index (χ3v) is 5.23. The van der Waals surface area contributed by atoms with Crippen molar-refractivity contribution < 1.29 is 14.1 Å². The molecule has 2 aromatic rings. The largest absolute Gasteiger partial charge is 0.338 e. The predicted octanol–water partition coefficient (Wildman–Crippen LogP) is 4.14. The molecule has 140 valence electrons. The SMILES string of the molecule is CC(=O)Nc1ccc([C@@H]2C3=C(CC(C)(C)CC3=O)Nc3onc(C)c32)cc1. The van der Waals surface area contributed by atoms with Crippen molar-refractivity contribution in [3.05, 3.63) is 52.4 Å². The minimum absolute atomic E-state index is 0.0880. The zero-order valence-electron chi connectivity index (χ0n) is 16.0. The van der Waals surface area contributed by atoms with Gasteiger partial charge in [-0.05, 0) is 36.5 Å². The van der Waals surface area contributed by atoms with Crippen molar-refractivity contribution in [1.29, 1.82) is 0 Å². The van der Waals surface area contributed by atoms with Gasteiger partial charge in [-0.25, -0.2) is 0 Å². The van der Waals surface area contributed by atoms with E-state index >= 15 is 0 Å². The van der Waals surface area contributed by atoms with Gasteiger partial charge in [0.1, 0.15) is 0 Å². The maximum Gasteiger partial charge on any atom is 0.233 e. The summed E-state index contributed by atoms with van der Waals surface area (Å²) in [4.78, 5) is 24.4. The van der Waals surface area contributed by atoms with Crippen LogP contribution in [0.25, 0.3) is 0 Å². The van der Waals surface area contributed by atoms with Gasteiger partial charge in [-0.3, -0.25) is 9.59 Å². The molecule has 6 nitrogen and oxygen atoms in total. The first-order valence-electron chi connectivity index (χ1n) is 9.12. The fraction of sp³-hybridized carbons (Fsp3) is 0.381. The van der Waals surface area contributed by atoms with Crippen LogP contribution in [-0.4, -0.2) is 16.8 Å². The Morgan fingerprint density at radius 2 is 1.96 bits per heavy atom. The molecule has 2 N–H and O–H groups in total. The molecule has 0 saturated heterocycles. The van der Waals surface area contributed by atoms with Crippen molar-refractivity contribution in [1.82, 2.24) is 5.16 Å². The highest BCUT2D eigenvalue weighted by molar-refractivity contribution is 6.01. The summed E-state index contributed by atoms with van der Waals surface area (Å²) in [6.45, 7) is 7.59. The van der Waals surface area contributed by atoms with Crippen LogP contribution in [0, 0.1) is 12.3 Å². The van der Waals surface area contributed by atoms with Crippen LogP contribution in [-0.2, 0) is 9.59 Å². The molecule has 1 amide bonds. The summed E-state index contributed by atoms with van der Waals surface area (Å²) in [5.74, 6) is 0.456. The molecule has 0 radical (unpaired) electrons. The summed E-state index contributed by atoms with van der Waals surface area (Å²) in [6, 6.07) is 7.63. The molecule has 1 aromatic carbocycles. The van der Waals surface area contributed by atoms with Crippen molar-refractivity contribution in [3.8, 4) is 0 Å². The number of anilines is 2. The number of Topliss-reactive ketones (excluding diaryl/α,β-unsaturated/α-hetero) is 1. The lowest BCUT2D eigenvalue weighted by Gasteiger charge is -2.37. The van der Waals surface area contributed by atoms with E-state index in [4.69, 9.17) is 4.52 Å². The average molecular weight is 365 g/mol. The molecule has 0 unspecified atom stereocenters. The number of nitrogens with one attached hydrogen (secondary N) is 2. The minimum Gasteiger partial charge on any atom is -0.338 e. The first-order chi connectivity index (χ1) is 12.7. The number of hydrogen-bond acceptors (Lipinski definition) is 5. The van der Waals surface area contributed by atoms with Crippen molar-refractivity contribution >= 4 is 23.3 Å². The van der Waals surface area contributed by atoms with E-state index in [9.17, 15) is 9.59 Å². The molecule has 0 bridgehead atoms. The molecule has 2 aliphatic rings. The van der Waals surface area contributed by atoms with Gasteiger partial charge >= 0.3 is 0 Å². The van der Waals surface area contributed by atoms with Crippen LogP contribution < -0.4 is 10.6 Å². The van der Waals surface area contributed by atoms with E-state index in [2.05, 4.69) is 29.6 Å². The van der Waals surface area contributed by atoms with Gasteiger partial charge in [0, 0.05) is 36.2 Å². The molecule has 1 aromatic heterocycles. The Balaban J connectivity index is 1.83. The van der Waals surface area contributed by atoms with E-state index in [1.54, 1.807) is 0 Å². The third kappa shape index (κ3) is 3.05. The van der Waals surface area contributed by atoms with Crippen LogP contribution >= 0.6 is 0 Å². The normalized spacial score (nSPS) is 20.6. The fourth-order valence-electron chi connectivity index (χ4n) is 4.16. The number of aromatic nitrogens is 1. The zero-order chi connectivity index (χ0) is 19.3. The highest BCUT2D eigenvalue weighted by Gasteiger charge is 2.42. The lowest BCUT2D eigenvalue weighted by molar-refractivity contribution is -0.118. The Hall–Kier alpha value is -2.89. The van der Waals surface area contributed by atoms with Crippen LogP contribution in [0.5, 0.6) is 0 Å². The number of hydrogen-bond donors (Lipinski definition) is 2. The van der Waals surface area contributed by atoms with Crippen molar-refractivity contribution in [2.24, 2.45) is 5.41 Å². The van der Waals surface area contributed by atoms with Crippen LogP contribution in [0.2, 0.25) is 0 Å². The van der Waals surface area contributed by atoms with Gasteiger partial charge in [0.2, 0.25) is 11.8 Å². The van der Waals surface area contributed by atoms with E-state index in [0.717, 1.165) is 40.2 Å². The molecule has 2 heterocycles. The Kier molecular flexibility index (Phi) is 3.94. The number of aryl methyl sites for hydroxylation is 1. The quantitative estimate of drug-likeness (QED) is 0.835. The maximum absolute atomic E-state index is 13.1.